The van der Waals surface area contributed by atoms with E-state index in [2.05, 4.69) is 10.3 Å². The van der Waals surface area contributed by atoms with Gasteiger partial charge in [0.1, 0.15) is 0 Å². The molecule has 1 saturated carbocycles. The summed E-state index contributed by atoms with van der Waals surface area (Å²) in [6, 6.07) is 9.73. The lowest BCUT2D eigenvalue weighted by Gasteiger charge is -2.22. The van der Waals surface area contributed by atoms with Gasteiger partial charge in [0.15, 0.2) is 10.8 Å². The maximum absolute atomic E-state index is 11.2. The molecule has 0 atom stereocenters. The Morgan fingerprint density at radius 1 is 1.19 bits per heavy atom. The van der Waals surface area contributed by atoms with Crippen LogP contribution in [0.3, 0.4) is 0 Å². The van der Waals surface area contributed by atoms with Gasteiger partial charge in [-0.1, -0.05) is 49.6 Å². The second-order valence-electron chi connectivity index (χ2n) is 5.28. The van der Waals surface area contributed by atoms with E-state index in [1.54, 1.807) is 0 Å². The predicted octanol–water partition coefficient (Wildman–Crippen LogP) is 4.46. The number of nitro groups is 1. The van der Waals surface area contributed by atoms with Gasteiger partial charge >= 0.3 is 5.00 Å². The second-order valence-corrected chi connectivity index (χ2v) is 6.25. The monoisotopic (exact) mass is 303 g/mol. The SMILES string of the molecule is O=[N+]([O-])c1sc(NC2CCCCC2)nc1-c1ccccc1. The van der Waals surface area contributed by atoms with Gasteiger partial charge in [-0.3, -0.25) is 10.1 Å². The molecule has 6 heteroatoms. The Labute approximate surface area is 127 Å². The van der Waals surface area contributed by atoms with Gasteiger partial charge < -0.3 is 5.32 Å². The molecule has 0 spiro atoms. The Hall–Kier alpha value is -1.95. The normalized spacial score (nSPS) is 15.8. The minimum absolute atomic E-state index is 0.111. The number of thiazole rings is 1. The molecular weight excluding hydrogens is 286 g/mol. The third-order valence-corrected chi connectivity index (χ3v) is 4.69. The molecule has 1 aromatic carbocycles. The van der Waals surface area contributed by atoms with E-state index in [0.717, 1.165) is 29.7 Å². The first-order chi connectivity index (χ1) is 10.2. The molecule has 1 aromatic heterocycles. The van der Waals surface area contributed by atoms with E-state index < -0.39 is 0 Å². The Morgan fingerprint density at radius 2 is 1.90 bits per heavy atom. The van der Waals surface area contributed by atoms with Crippen LogP contribution >= 0.6 is 11.3 Å². The molecule has 3 rings (SSSR count). The van der Waals surface area contributed by atoms with Crippen molar-refractivity contribution in [3.8, 4) is 11.3 Å². The lowest BCUT2D eigenvalue weighted by Crippen LogP contribution is -2.21. The summed E-state index contributed by atoms with van der Waals surface area (Å²) in [5.74, 6) is 0. The maximum atomic E-state index is 11.2. The summed E-state index contributed by atoms with van der Waals surface area (Å²) >= 11 is 1.13. The molecule has 21 heavy (non-hydrogen) atoms. The van der Waals surface area contributed by atoms with Crippen molar-refractivity contribution in [1.82, 2.24) is 4.98 Å². The van der Waals surface area contributed by atoms with Gasteiger partial charge in [0.05, 0.1) is 4.92 Å². The molecule has 1 N–H and O–H groups in total. The smallest absolute Gasteiger partial charge is 0.353 e. The second kappa shape index (κ2) is 6.22. The average Bonchev–Trinajstić information content (AvgIpc) is 2.93. The quantitative estimate of drug-likeness (QED) is 0.668. The lowest BCUT2D eigenvalue weighted by molar-refractivity contribution is -0.379. The highest BCUT2D eigenvalue weighted by Gasteiger charge is 2.24. The lowest BCUT2D eigenvalue weighted by atomic mass is 9.96. The molecule has 1 fully saturated rings. The molecule has 1 aliphatic rings. The number of benzene rings is 1. The minimum atomic E-state index is -0.341. The highest BCUT2D eigenvalue weighted by molar-refractivity contribution is 7.19. The third kappa shape index (κ3) is 3.21. The van der Waals surface area contributed by atoms with Crippen molar-refractivity contribution in [2.24, 2.45) is 0 Å². The Balaban J connectivity index is 1.87. The minimum Gasteiger partial charge on any atom is -0.359 e. The molecule has 2 aromatic rings. The number of hydrogen-bond donors (Lipinski definition) is 1. The van der Waals surface area contributed by atoms with Gasteiger partial charge in [0.2, 0.25) is 0 Å². The van der Waals surface area contributed by atoms with Crippen LogP contribution in [0.4, 0.5) is 10.1 Å². The number of hydrogen-bond acceptors (Lipinski definition) is 5. The molecule has 110 valence electrons. The Kier molecular flexibility index (Phi) is 4.15. The highest BCUT2D eigenvalue weighted by atomic mass is 32.1. The van der Waals surface area contributed by atoms with Crippen molar-refractivity contribution in [3.05, 3.63) is 40.4 Å². The van der Waals surface area contributed by atoms with Crippen molar-refractivity contribution < 1.29 is 4.92 Å². The Bertz CT molecular complexity index is 621. The van der Waals surface area contributed by atoms with E-state index in [1.165, 1.54) is 19.3 Å². The molecule has 0 bridgehead atoms. The van der Waals surface area contributed by atoms with Crippen molar-refractivity contribution in [2.45, 2.75) is 38.1 Å². The zero-order chi connectivity index (χ0) is 14.7. The third-order valence-electron chi connectivity index (χ3n) is 3.76. The van der Waals surface area contributed by atoms with Crippen molar-refractivity contribution in [2.75, 3.05) is 5.32 Å². The number of rotatable bonds is 4. The zero-order valence-electron chi connectivity index (χ0n) is 11.6. The topological polar surface area (TPSA) is 68.1 Å². The molecule has 1 heterocycles. The number of nitrogens with zero attached hydrogens (tertiary/aromatic N) is 2. The fourth-order valence-electron chi connectivity index (χ4n) is 2.70. The molecule has 1 aliphatic carbocycles. The molecular formula is C15H17N3O2S. The summed E-state index contributed by atoms with van der Waals surface area (Å²) in [6.45, 7) is 0. The van der Waals surface area contributed by atoms with Crippen LogP contribution < -0.4 is 5.32 Å². The van der Waals surface area contributed by atoms with Crippen LogP contribution in [0.1, 0.15) is 32.1 Å². The standard InChI is InChI=1S/C15H17N3O2S/c19-18(20)14-13(11-7-3-1-4-8-11)17-15(21-14)16-12-9-5-2-6-10-12/h1,3-4,7-8,12H,2,5-6,9-10H2,(H,16,17). The first kappa shape index (κ1) is 14.0. The van der Waals surface area contributed by atoms with Crippen molar-refractivity contribution in [1.29, 1.82) is 0 Å². The zero-order valence-corrected chi connectivity index (χ0v) is 12.4. The van der Waals surface area contributed by atoms with Crippen LogP contribution in [0.2, 0.25) is 0 Å². The van der Waals surface area contributed by atoms with E-state index in [1.807, 2.05) is 30.3 Å². The fourth-order valence-corrected chi connectivity index (χ4v) is 3.58. The average molecular weight is 303 g/mol. The molecule has 0 amide bonds. The van der Waals surface area contributed by atoms with Gasteiger partial charge in [-0.15, -0.1) is 0 Å². The molecule has 0 unspecified atom stereocenters. The summed E-state index contributed by atoms with van der Waals surface area (Å²) in [6.07, 6.45) is 5.96. The summed E-state index contributed by atoms with van der Waals surface area (Å²) in [4.78, 5) is 15.4. The summed E-state index contributed by atoms with van der Waals surface area (Å²) < 4.78 is 0. The van der Waals surface area contributed by atoms with Gasteiger partial charge in [-0.2, -0.15) is 0 Å². The Morgan fingerprint density at radius 3 is 2.57 bits per heavy atom. The number of nitrogens with one attached hydrogen (secondary N) is 1. The van der Waals surface area contributed by atoms with E-state index in [9.17, 15) is 10.1 Å². The van der Waals surface area contributed by atoms with Crippen LogP contribution in [-0.4, -0.2) is 15.9 Å². The van der Waals surface area contributed by atoms with Crippen LogP contribution in [0, 0.1) is 10.1 Å². The number of anilines is 1. The van der Waals surface area contributed by atoms with Gasteiger partial charge in [0.25, 0.3) is 0 Å². The van der Waals surface area contributed by atoms with E-state index >= 15 is 0 Å². The molecule has 0 aliphatic heterocycles. The summed E-state index contributed by atoms with van der Waals surface area (Å²) in [5, 5.41) is 15.4. The molecule has 0 saturated heterocycles. The summed E-state index contributed by atoms with van der Waals surface area (Å²) in [5.41, 5.74) is 1.25. The maximum Gasteiger partial charge on any atom is 0.353 e. The highest BCUT2D eigenvalue weighted by Crippen LogP contribution is 2.38. The van der Waals surface area contributed by atoms with Gasteiger partial charge in [-0.05, 0) is 24.2 Å². The van der Waals surface area contributed by atoms with Crippen molar-refractivity contribution in [3.63, 3.8) is 0 Å². The fraction of sp³-hybridized carbons (Fsp3) is 0.400. The van der Waals surface area contributed by atoms with Crippen LogP contribution in [-0.2, 0) is 0 Å². The van der Waals surface area contributed by atoms with E-state index in [0.29, 0.717) is 16.9 Å². The van der Waals surface area contributed by atoms with E-state index in [-0.39, 0.29) is 9.92 Å². The van der Waals surface area contributed by atoms with Gasteiger partial charge in [0, 0.05) is 11.6 Å². The summed E-state index contributed by atoms with van der Waals surface area (Å²) in [7, 11) is 0. The largest absolute Gasteiger partial charge is 0.359 e. The first-order valence-corrected chi connectivity index (χ1v) is 8.03. The van der Waals surface area contributed by atoms with E-state index in [4.69, 9.17) is 0 Å². The van der Waals surface area contributed by atoms with Gasteiger partial charge in [-0.25, -0.2) is 4.98 Å². The number of aromatic nitrogens is 1. The van der Waals surface area contributed by atoms with Crippen LogP contribution in [0.25, 0.3) is 11.3 Å². The van der Waals surface area contributed by atoms with Crippen LogP contribution in [0.15, 0.2) is 30.3 Å². The van der Waals surface area contributed by atoms with Crippen molar-refractivity contribution >= 4 is 21.5 Å². The predicted molar refractivity (Wildman–Crippen MR) is 84.7 cm³/mol. The van der Waals surface area contributed by atoms with Crippen LogP contribution in [0.5, 0.6) is 0 Å². The molecule has 5 nitrogen and oxygen atoms in total. The first-order valence-electron chi connectivity index (χ1n) is 7.21. The molecule has 0 radical (unpaired) electrons.